The first kappa shape index (κ1) is 43.3. The lowest BCUT2D eigenvalue weighted by atomic mass is 10.0. The monoisotopic (exact) mass is 679 g/mol. The Morgan fingerprint density at radius 1 is 0.894 bits per heavy atom. The molecule has 8 N–H and O–H groups in total. The highest BCUT2D eigenvalue weighted by atomic mass is 16.7. The molecule has 14 heteroatoms. The quantitative estimate of drug-likeness (QED) is 0.0339. The molecule has 276 valence electrons. The molecule has 0 aromatic carbocycles. The van der Waals surface area contributed by atoms with Gasteiger partial charge in [0.15, 0.2) is 12.4 Å². The lowest BCUT2D eigenvalue weighted by Crippen LogP contribution is -2.59. The number of esters is 1. The van der Waals surface area contributed by atoms with Crippen molar-refractivity contribution < 1.29 is 64.3 Å². The summed E-state index contributed by atoms with van der Waals surface area (Å²) >= 11 is 0. The van der Waals surface area contributed by atoms with Crippen LogP contribution in [0.3, 0.4) is 0 Å². The molecule has 0 aromatic rings. The minimum atomic E-state index is -2.19. The topological polar surface area (TPSA) is 225 Å². The van der Waals surface area contributed by atoms with Gasteiger partial charge in [0.1, 0.15) is 42.7 Å². The third-order valence-electron chi connectivity index (χ3n) is 8.04. The molecule has 47 heavy (non-hydrogen) atoms. The fourth-order valence-corrected chi connectivity index (χ4v) is 5.12. The van der Waals surface area contributed by atoms with Crippen molar-refractivity contribution in [1.29, 1.82) is 0 Å². The molecule has 0 bridgehead atoms. The summed E-state index contributed by atoms with van der Waals surface area (Å²) in [5.74, 6) is -1.57. The van der Waals surface area contributed by atoms with Gasteiger partial charge in [-0.2, -0.15) is 0 Å². The summed E-state index contributed by atoms with van der Waals surface area (Å²) in [6, 6.07) is 0. The van der Waals surface area contributed by atoms with Gasteiger partial charge in [0.05, 0.1) is 26.4 Å². The third kappa shape index (κ3) is 18.0. The van der Waals surface area contributed by atoms with E-state index in [1.54, 1.807) is 0 Å². The van der Waals surface area contributed by atoms with Gasteiger partial charge in [-0.1, -0.05) is 70.4 Å². The number of amides is 1. The van der Waals surface area contributed by atoms with E-state index in [0.717, 1.165) is 38.5 Å². The molecule has 1 aliphatic rings. The summed E-state index contributed by atoms with van der Waals surface area (Å²) in [5, 5.41) is 72.4. The second kappa shape index (κ2) is 26.2. The molecule has 0 aromatic heterocycles. The van der Waals surface area contributed by atoms with Crippen molar-refractivity contribution in [3.05, 3.63) is 12.2 Å². The van der Waals surface area contributed by atoms with Crippen LogP contribution in [0.5, 0.6) is 0 Å². The summed E-state index contributed by atoms with van der Waals surface area (Å²) in [7, 11) is 1.39. The Morgan fingerprint density at radius 3 is 2.09 bits per heavy atom. The molecule has 0 saturated carbocycles. The van der Waals surface area contributed by atoms with E-state index in [9.17, 15) is 45.3 Å². The number of methoxy groups -OCH3 is 1. The summed E-state index contributed by atoms with van der Waals surface area (Å²) in [4.78, 5) is 25.0. The highest BCUT2D eigenvalue weighted by molar-refractivity contribution is 5.81. The number of aliphatic hydroxyl groups is 7. The molecule has 1 heterocycles. The van der Waals surface area contributed by atoms with Crippen LogP contribution in [0.25, 0.3) is 0 Å². The maximum atomic E-state index is 12.6. The first-order valence-electron chi connectivity index (χ1n) is 17.1. The second-order valence-corrected chi connectivity index (χ2v) is 12.2. The first-order valence-corrected chi connectivity index (χ1v) is 17.1. The molecule has 1 fully saturated rings. The zero-order chi connectivity index (χ0) is 35.0. The Morgan fingerprint density at radius 2 is 1.49 bits per heavy atom. The average Bonchev–Trinajstić information content (AvgIpc) is 3.06. The molecule has 9 atom stereocenters. The number of allylic oxidation sites excluding steroid dienone is 2. The Balaban J connectivity index is 2.37. The Kier molecular flexibility index (Phi) is 24.1. The number of hydrogen-bond acceptors (Lipinski definition) is 13. The van der Waals surface area contributed by atoms with Crippen molar-refractivity contribution in [2.24, 2.45) is 0 Å². The predicted octanol–water partition coefficient (Wildman–Crippen LogP) is 0.598. The standard InChI is InChI=1S/C33H61NO13/c1-3-4-5-6-7-8-9-10-11-12-13-14-15-16-17-18-26(38)46-23(21-44-2)19-34-32(43)29(41)28(40)31(24(36)20-35)47-33-30(42)27(39)25(37)22-45-33/h10-11,23-25,27-31,33,35-37,39-42H,3-9,12-22H2,1-2H3,(H,34,43)/b11-10+/t23?,24?,25-,27?,28?,29?,30-,31?,33-/m1/s1. The molecule has 1 amide bonds. The number of unbranched alkanes of at least 4 members (excludes halogenated alkanes) is 11. The smallest absolute Gasteiger partial charge is 0.306 e. The highest BCUT2D eigenvalue weighted by Crippen LogP contribution is 2.21. The van der Waals surface area contributed by atoms with Gasteiger partial charge in [0.2, 0.25) is 0 Å². The first-order chi connectivity index (χ1) is 22.6. The number of carbonyl (C=O) groups is 2. The van der Waals surface area contributed by atoms with Crippen molar-refractivity contribution in [3.8, 4) is 0 Å². The van der Waals surface area contributed by atoms with Crippen LogP contribution in [0.2, 0.25) is 0 Å². The number of hydrogen-bond donors (Lipinski definition) is 8. The molecule has 1 saturated heterocycles. The lowest BCUT2D eigenvalue weighted by Gasteiger charge is -2.39. The van der Waals surface area contributed by atoms with Crippen LogP contribution in [0.15, 0.2) is 12.2 Å². The number of rotatable bonds is 27. The van der Waals surface area contributed by atoms with Gasteiger partial charge in [-0.15, -0.1) is 0 Å². The van der Waals surface area contributed by atoms with Gasteiger partial charge in [-0.25, -0.2) is 0 Å². The van der Waals surface area contributed by atoms with Gasteiger partial charge < -0.3 is 60.0 Å². The third-order valence-corrected chi connectivity index (χ3v) is 8.04. The van der Waals surface area contributed by atoms with E-state index < -0.39 is 80.2 Å². The van der Waals surface area contributed by atoms with Crippen LogP contribution in [0.4, 0.5) is 0 Å². The van der Waals surface area contributed by atoms with Crippen molar-refractivity contribution in [2.45, 2.75) is 152 Å². The molecule has 1 rings (SSSR count). The predicted molar refractivity (Wildman–Crippen MR) is 172 cm³/mol. The maximum Gasteiger partial charge on any atom is 0.306 e. The molecular weight excluding hydrogens is 618 g/mol. The van der Waals surface area contributed by atoms with Crippen LogP contribution < -0.4 is 5.32 Å². The van der Waals surface area contributed by atoms with Gasteiger partial charge >= 0.3 is 5.97 Å². The molecular formula is C33H61NO13. The van der Waals surface area contributed by atoms with Crippen molar-refractivity contribution in [1.82, 2.24) is 5.32 Å². The Labute approximate surface area is 279 Å². The van der Waals surface area contributed by atoms with E-state index in [0.29, 0.717) is 6.42 Å². The van der Waals surface area contributed by atoms with Crippen LogP contribution in [-0.2, 0) is 28.5 Å². The lowest BCUT2D eigenvalue weighted by molar-refractivity contribution is -0.302. The Bertz CT molecular complexity index is 847. The number of ether oxygens (including phenoxy) is 4. The van der Waals surface area contributed by atoms with E-state index in [1.807, 2.05) is 0 Å². The summed E-state index contributed by atoms with van der Waals surface area (Å²) in [6.07, 6.45) is 4.18. The minimum absolute atomic E-state index is 0.0446. The molecule has 0 spiro atoms. The number of nitrogens with one attached hydrogen (secondary N) is 1. The van der Waals surface area contributed by atoms with Crippen LogP contribution in [-0.4, -0.2) is 136 Å². The fourth-order valence-electron chi connectivity index (χ4n) is 5.12. The average molecular weight is 680 g/mol. The van der Waals surface area contributed by atoms with Crippen LogP contribution in [0.1, 0.15) is 96.8 Å². The zero-order valence-corrected chi connectivity index (χ0v) is 28.2. The number of aliphatic hydroxyl groups excluding tert-OH is 7. The van der Waals surface area contributed by atoms with Crippen molar-refractivity contribution >= 4 is 11.9 Å². The molecule has 6 unspecified atom stereocenters. The minimum Gasteiger partial charge on any atom is -0.458 e. The van der Waals surface area contributed by atoms with E-state index in [-0.39, 0.29) is 19.6 Å². The van der Waals surface area contributed by atoms with Crippen LogP contribution >= 0.6 is 0 Å². The molecule has 0 radical (unpaired) electrons. The number of carbonyl (C=O) groups excluding carboxylic acids is 2. The van der Waals surface area contributed by atoms with E-state index >= 15 is 0 Å². The maximum absolute atomic E-state index is 12.6. The van der Waals surface area contributed by atoms with Gasteiger partial charge in [-0.3, -0.25) is 9.59 Å². The molecule has 0 aliphatic carbocycles. The van der Waals surface area contributed by atoms with Gasteiger partial charge in [0, 0.05) is 13.5 Å². The highest BCUT2D eigenvalue weighted by Gasteiger charge is 2.44. The molecule has 14 nitrogen and oxygen atoms in total. The van der Waals surface area contributed by atoms with Crippen LogP contribution in [0, 0.1) is 0 Å². The van der Waals surface area contributed by atoms with Crippen molar-refractivity contribution in [3.63, 3.8) is 0 Å². The largest absolute Gasteiger partial charge is 0.458 e. The SMILES string of the molecule is CCCCCCCC/C=C/CCCCCCCC(=O)OC(CNC(=O)C(O)C(O)C(O[C@H]1OC[C@@H](O)C(O)[C@H]1O)C(O)CO)COC. The molecule has 1 aliphatic heterocycles. The fraction of sp³-hybridized carbons (Fsp3) is 0.879. The summed E-state index contributed by atoms with van der Waals surface area (Å²) in [5.41, 5.74) is 0. The zero-order valence-electron chi connectivity index (χ0n) is 28.2. The summed E-state index contributed by atoms with van der Waals surface area (Å²) in [6.45, 7) is 0.535. The normalized spacial score (nSPS) is 23.3. The van der Waals surface area contributed by atoms with Gasteiger partial charge in [-0.05, 0) is 32.1 Å². The Hall–Kier alpha value is -1.72. The second-order valence-electron chi connectivity index (χ2n) is 12.2. The van der Waals surface area contributed by atoms with E-state index in [4.69, 9.17) is 18.9 Å². The van der Waals surface area contributed by atoms with E-state index in [1.165, 1.54) is 45.6 Å². The van der Waals surface area contributed by atoms with E-state index in [2.05, 4.69) is 24.4 Å². The summed E-state index contributed by atoms with van der Waals surface area (Å²) < 4.78 is 20.9. The van der Waals surface area contributed by atoms with Crippen molar-refractivity contribution in [2.75, 3.05) is 33.5 Å². The van der Waals surface area contributed by atoms with Gasteiger partial charge in [0.25, 0.3) is 5.91 Å².